The first kappa shape index (κ1) is 11.5. The van der Waals surface area contributed by atoms with Crippen LogP contribution in [0.5, 0.6) is 11.5 Å². The van der Waals surface area contributed by atoms with Crippen LogP contribution in [0, 0.1) is 0 Å². The summed E-state index contributed by atoms with van der Waals surface area (Å²) in [5.41, 5.74) is -1.90. The van der Waals surface area contributed by atoms with Gasteiger partial charge in [-0.2, -0.15) is 0 Å². The highest BCUT2D eigenvalue weighted by molar-refractivity contribution is 5.68. The molecule has 3 nitrogen and oxygen atoms in total. The van der Waals surface area contributed by atoms with Crippen LogP contribution >= 0.6 is 0 Å². The minimum absolute atomic E-state index is 0.166. The highest BCUT2D eigenvalue weighted by Gasteiger charge is 2.29. The van der Waals surface area contributed by atoms with Crippen LogP contribution in [0.25, 0.3) is 0 Å². The number of ether oxygens (including phenoxy) is 2. The highest BCUT2D eigenvalue weighted by Crippen LogP contribution is 2.34. The SMILES string of the molecule is COc1ccc(OC)c(C(C)(F)C=O)c1. The molecule has 0 bridgehead atoms. The molecule has 0 spiro atoms. The Morgan fingerprint density at radius 3 is 2.47 bits per heavy atom. The number of benzene rings is 1. The Labute approximate surface area is 87.8 Å². The van der Waals surface area contributed by atoms with Crippen molar-refractivity contribution in [3.8, 4) is 11.5 Å². The van der Waals surface area contributed by atoms with E-state index in [1.165, 1.54) is 27.2 Å². The molecule has 1 atom stereocenters. The maximum Gasteiger partial charge on any atom is 0.191 e. The second-order valence-electron chi connectivity index (χ2n) is 3.26. The molecular formula is C11H13FO3. The highest BCUT2D eigenvalue weighted by atomic mass is 19.1. The molecule has 1 rings (SSSR count). The van der Waals surface area contributed by atoms with Gasteiger partial charge in [0.2, 0.25) is 0 Å². The number of carbonyl (C=O) groups excluding carboxylic acids is 1. The van der Waals surface area contributed by atoms with Crippen molar-refractivity contribution in [3.05, 3.63) is 23.8 Å². The van der Waals surface area contributed by atoms with Gasteiger partial charge in [-0.3, -0.25) is 4.79 Å². The number of carbonyl (C=O) groups is 1. The molecule has 4 heteroatoms. The molecule has 0 aliphatic rings. The second-order valence-corrected chi connectivity index (χ2v) is 3.26. The monoisotopic (exact) mass is 212 g/mol. The minimum atomic E-state index is -2.07. The van der Waals surface area contributed by atoms with Crippen molar-refractivity contribution in [2.75, 3.05) is 14.2 Å². The molecule has 0 aliphatic carbocycles. The molecule has 0 aromatic heterocycles. The molecule has 0 N–H and O–H groups in total. The Hall–Kier alpha value is -1.58. The van der Waals surface area contributed by atoms with E-state index in [2.05, 4.69) is 0 Å². The molecule has 0 radical (unpaired) electrons. The summed E-state index contributed by atoms with van der Waals surface area (Å²) in [6.07, 6.45) is 0.240. The number of alkyl halides is 1. The quantitative estimate of drug-likeness (QED) is 0.717. The van der Waals surface area contributed by atoms with Gasteiger partial charge in [0.25, 0.3) is 0 Å². The summed E-state index contributed by atoms with van der Waals surface area (Å²) >= 11 is 0. The van der Waals surface area contributed by atoms with E-state index in [0.29, 0.717) is 11.5 Å². The molecule has 0 heterocycles. The molecule has 0 fully saturated rings. The van der Waals surface area contributed by atoms with Crippen molar-refractivity contribution >= 4 is 6.29 Å². The molecular weight excluding hydrogens is 199 g/mol. The largest absolute Gasteiger partial charge is 0.497 e. The number of hydrogen-bond donors (Lipinski definition) is 0. The van der Waals surface area contributed by atoms with Crippen LogP contribution in [-0.2, 0) is 10.5 Å². The summed E-state index contributed by atoms with van der Waals surface area (Å²) < 4.78 is 23.7. The van der Waals surface area contributed by atoms with Crippen molar-refractivity contribution in [1.29, 1.82) is 0 Å². The molecule has 1 unspecified atom stereocenters. The molecule has 0 amide bonds. The van der Waals surface area contributed by atoms with Crippen molar-refractivity contribution in [2.24, 2.45) is 0 Å². The van der Waals surface area contributed by atoms with Crippen LogP contribution < -0.4 is 9.47 Å². The van der Waals surface area contributed by atoms with E-state index >= 15 is 0 Å². The third-order valence-electron chi connectivity index (χ3n) is 2.15. The summed E-state index contributed by atoms with van der Waals surface area (Å²) in [6, 6.07) is 4.66. The average Bonchev–Trinajstić information content (AvgIpc) is 2.28. The van der Waals surface area contributed by atoms with Crippen molar-refractivity contribution in [1.82, 2.24) is 0 Å². The molecule has 1 aromatic rings. The number of rotatable bonds is 4. The fourth-order valence-corrected chi connectivity index (χ4v) is 1.26. The van der Waals surface area contributed by atoms with Crippen molar-refractivity contribution in [3.63, 3.8) is 0 Å². The van der Waals surface area contributed by atoms with Crippen LogP contribution in [0.1, 0.15) is 12.5 Å². The van der Waals surface area contributed by atoms with Crippen molar-refractivity contribution < 1.29 is 18.7 Å². The van der Waals surface area contributed by atoms with E-state index < -0.39 is 5.67 Å². The van der Waals surface area contributed by atoms with E-state index in [0.717, 1.165) is 0 Å². The number of halogens is 1. The lowest BCUT2D eigenvalue weighted by molar-refractivity contribution is -0.117. The molecule has 0 saturated heterocycles. The van der Waals surface area contributed by atoms with Gasteiger partial charge in [0.15, 0.2) is 12.0 Å². The normalized spacial score (nSPS) is 14.1. The lowest BCUT2D eigenvalue weighted by atomic mass is 9.98. The third-order valence-corrected chi connectivity index (χ3v) is 2.15. The van der Waals surface area contributed by atoms with Crippen LogP contribution in [0.4, 0.5) is 4.39 Å². The number of hydrogen-bond acceptors (Lipinski definition) is 3. The zero-order valence-corrected chi connectivity index (χ0v) is 8.91. The van der Waals surface area contributed by atoms with Gasteiger partial charge in [0.05, 0.1) is 14.2 Å². The molecule has 0 aliphatic heterocycles. The Kier molecular flexibility index (Phi) is 3.29. The van der Waals surface area contributed by atoms with Crippen LogP contribution in [-0.4, -0.2) is 20.5 Å². The first-order valence-electron chi connectivity index (χ1n) is 4.43. The molecule has 82 valence electrons. The van der Waals surface area contributed by atoms with Crippen LogP contribution in [0.2, 0.25) is 0 Å². The smallest absolute Gasteiger partial charge is 0.191 e. The predicted molar refractivity (Wildman–Crippen MR) is 54.1 cm³/mol. The summed E-state index contributed by atoms with van der Waals surface area (Å²) in [4.78, 5) is 10.6. The van der Waals surface area contributed by atoms with Gasteiger partial charge in [-0.05, 0) is 25.1 Å². The van der Waals surface area contributed by atoms with Gasteiger partial charge in [-0.15, -0.1) is 0 Å². The topological polar surface area (TPSA) is 35.5 Å². The summed E-state index contributed by atoms with van der Waals surface area (Å²) in [6.45, 7) is 1.18. The Morgan fingerprint density at radius 2 is 2.00 bits per heavy atom. The fourth-order valence-electron chi connectivity index (χ4n) is 1.26. The molecule has 0 saturated carbocycles. The van der Waals surface area contributed by atoms with Gasteiger partial charge < -0.3 is 9.47 Å². The standard InChI is InChI=1S/C11H13FO3/c1-11(12,7-13)9-6-8(14-2)4-5-10(9)15-3/h4-7H,1-3H3. The van der Waals surface area contributed by atoms with E-state index in [-0.39, 0.29) is 11.8 Å². The van der Waals surface area contributed by atoms with E-state index in [1.54, 1.807) is 12.1 Å². The summed E-state index contributed by atoms with van der Waals surface area (Å²) in [7, 11) is 2.90. The summed E-state index contributed by atoms with van der Waals surface area (Å²) in [5.74, 6) is 0.810. The molecule has 1 aromatic carbocycles. The lowest BCUT2D eigenvalue weighted by Gasteiger charge is -2.17. The summed E-state index contributed by atoms with van der Waals surface area (Å²) in [5, 5.41) is 0. The van der Waals surface area contributed by atoms with E-state index in [9.17, 15) is 9.18 Å². The van der Waals surface area contributed by atoms with E-state index in [1.807, 2.05) is 0 Å². The minimum Gasteiger partial charge on any atom is -0.497 e. The lowest BCUT2D eigenvalue weighted by Crippen LogP contribution is -2.18. The second kappa shape index (κ2) is 4.29. The number of methoxy groups -OCH3 is 2. The van der Waals surface area contributed by atoms with Gasteiger partial charge in [-0.25, -0.2) is 4.39 Å². The van der Waals surface area contributed by atoms with Crippen molar-refractivity contribution in [2.45, 2.75) is 12.6 Å². The predicted octanol–water partition coefficient (Wildman–Crippen LogP) is 2.09. The maximum absolute atomic E-state index is 13.8. The maximum atomic E-state index is 13.8. The first-order valence-corrected chi connectivity index (χ1v) is 4.43. The van der Waals surface area contributed by atoms with Gasteiger partial charge in [-0.1, -0.05) is 0 Å². The Balaban J connectivity index is 3.29. The zero-order chi connectivity index (χ0) is 11.5. The zero-order valence-electron chi connectivity index (χ0n) is 8.91. The van der Waals surface area contributed by atoms with E-state index in [4.69, 9.17) is 9.47 Å². The van der Waals surface area contributed by atoms with Crippen LogP contribution in [0.15, 0.2) is 18.2 Å². The van der Waals surface area contributed by atoms with Gasteiger partial charge >= 0.3 is 0 Å². The Morgan fingerprint density at radius 1 is 1.33 bits per heavy atom. The Bertz CT molecular complexity index is 361. The van der Waals surface area contributed by atoms with Crippen LogP contribution in [0.3, 0.4) is 0 Å². The molecule has 15 heavy (non-hydrogen) atoms. The van der Waals surface area contributed by atoms with Gasteiger partial charge in [0.1, 0.15) is 11.5 Å². The fraction of sp³-hybridized carbons (Fsp3) is 0.364. The van der Waals surface area contributed by atoms with Gasteiger partial charge in [0, 0.05) is 5.56 Å². The third kappa shape index (κ3) is 2.26. The first-order chi connectivity index (χ1) is 7.05. The average molecular weight is 212 g/mol. The number of aldehydes is 1.